The van der Waals surface area contributed by atoms with Gasteiger partial charge in [0.1, 0.15) is 17.2 Å². The van der Waals surface area contributed by atoms with Crippen LogP contribution in [0.25, 0.3) is 0 Å². The minimum Gasteiger partial charge on any atom is -0.493 e. The van der Waals surface area contributed by atoms with Crippen LogP contribution in [0.1, 0.15) is 38.2 Å². The molecule has 4 aliphatic heterocycles. The van der Waals surface area contributed by atoms with E-state index >= 15 is 0 Å². The molecule has 8 heteroatoms. The summed E-state index contributed by atoms with van der Waals surface area (Å²) in [6.45, 7) is 2.57. The third-order valence-corrected chi connectivity index (χ3v) is 8.06. The molecule has 7 atom stereocenters. The molecule has 168 valence electrons. The zero-order valence-electron chi connectivity index (χ0n) is 18.4. The van der Waals surface area contributed by atoms with Crippen molar-refractivity contribution < 1.29 is 29.2 Å². The van der Waals surface area contributed by atoms with Gasteiger partial charge in [0.25, 0.3) is 0 Å². The zero-order chi connectivity index (χ0) is 22.1. The predicted molar refractivity (Wildman–Crippen MR) is 113 cm³/mol. The smallest absolute Gasteiger partial charge is 0.319 e. The van der Waals surface area contributed by atoms with Gasteiger partial charge in [0, 0.05) is 30.1 Å². The number of ether oxygens (including phenoxy) is 3. The maximum absolute atomic E-state index is 13.5. The van der Waals surface area contributed by atoms with Gasteiger partial charge < -0.3 is 24.4 Å². The number of carbonyl (C=O) groups excluding carboxylic acids is 1. The van der Waals surface area contributed by atoms with Gasteiger partial charge >= 0.3 is 5.97 Å². The number of hydrogen-bond acceptors (Lipinski definition) is 8. The van der Waals surface area contributed by atoms with E-state index in [9.17, 15) is 15.0 Å². The van der Waals surface area contributed by atoms with Gasteiger partial charge in [-0.25, -0.2) is 0 Å². The normalized spacial score (nSPS) is 39.8. The second-order valence-electron chi connectivity index (χ2n) is 9.22. The van der Waals surface area contributed by atoms with Crippen LogP contribution in [-0.4, -0.2) is 66.9 Å². The van der Waals surface area contributed by atoms with Gasteiger partial charge in [0.05, 0.1) is 32.7 Å². The van der Waals surface area contributed by atoms with Crippen LogP contribution >= 0.6 is 0 Å². The summed E-state index contributed by atoms with van der Waals surface area (Å²) in [7, 11) is 4.49. The Hall–Kier alpha value is -2.16. The van der Waals surface area contributed by atoms with Crippen molar-refractivity contribution in [2.45, 2.75) is 50.5 Å². The molecule has 7 unspecified atom stereocenters. The fourth-order valence-electron chi connectivity index (χ4n) is 6.78. The summed E-state index contributed by atoms with van der Waals surface area (Å²) < 4.78 is 16.3. The average molecular weight is 431 g/mol. The van der Waals surface area contributed by atoms with E-state index in [0.29, 0.717) is 47.8 Å². The van der Waals surface area contributed by atoms with Crippen LogP contribution in [0.3, 0.4) is 0 Å². The first-order valence-corrected chi connectivity index (χ1v) is 11.0. The largest absolute Gasteiger partial charge is 0.493 e. The van der Waals surface area contributed by atoms with Gasteiger partial charge in [0.15, 0.2) is 11.5 Å². The first kappa shape index (κ1) is 20.7. The van der Waals surface area contributed by atoms with Gasteiger partial charge in [-0.1, -0.05) is 13.3 Å². The number of rotatable bonds is 4. The third-order valence-electron chi connectivity index (χ3n) is 8.06. The number of fused-ring (bicyclic) bond motifs is 4. The summed E-state index contributed by atoms with van der Waals surface area (Å²) in [5.41, 5.74) is -0.917. The number of aliphatic imine (C=N–C) groups is 1. The number of piperidine rings is 2. The van der Waals surface area contributed by atoms with Crippen molar-refractivity contribution in [3.05, 3.63) is 17.7 Å². The first-order chi connectivity index (χ1) is 14.8. The van der Waals surface area contributed by atoms with E-state index in [2.05, 4.69) is 6.92 Å². The lowest BCUT2D eigenvalue weighted by Crippen LogP contribution is -2.71. The molecule has 3 saturated heterocycles. The number of methoxy groups -OCH3 is 3. The van der Waals surface area contributed by atoms with E-state index in [1.807, 2.05) is 4.90 Å². The van der Waals surface area contributed by atoms with Crippen molar-refractivity contribution in [1.82, 2.24) is 4.90 Å². The number of aliphatic hydroxyl groups is 2. The Bertz CT molecular complexity index is 964. The SMILES string of the molecule is CCC1CC2CC3(C(=O)OC)C4=Nc5cc(OC)c(OC)cc5C4(O)CCN(C2O)C13. The molecule has 31 heavy (non-hydrogen) atoms. The number of aliphatic hydroxyl groups excluding tert-OH is 1. The van der Waals surface area contributed by atoms with Crippen LogP contribution in [0.15, 0.2) is 17.1 Å². The lowest BCUT2D eigenvalue weighted by Gasteiger charge is -2.60. The summed E-state index contributed by atoms with van der Waals surface area (Å²) in [6, 6.07) is 3.24. The van der Waals surface area contributed by atoms with Crippen molar-refractivity contribution in [2.24, 2.45) is 22.2 Å². The topological polar surface area (TPSA) is 101 Å². The monoisotopic (exact) mass is 430 g/mol. The molecule has 8 nitrogen and oxygen atoms in total. The van der Waals surface area contributed by atoms with E-state index in [4.69, 9.17) is 19.2 Å². The van der Waals surface area contributed by atoms with E-state index in [0.717, 1.165) is 12.8 Å². The first-order valence-electron chi connectivity index (χ1n) is 11.0. The molecule has 0 spiro atoms. The second kappa shape index (κ2) is 6.92. The van der Waals surface area contributed by atoms with Gasteiger partial charge in [0.2, 0.25) is 0 Å². The van der Waals surface area contributed by atoms with Crippen LogP contribution < -0.4 is 9.47 Å². The number of carbonyl (C=O) groups is 1. The molecule has 5 aliphatic rings. The fourth-order valence-corrected chi connectivity index (χ4v) is 6.78. The highest BCUT2D eigenvalue weighted by Crippen LogP contribution is 2.61. The minimum absolute atomic E-state index is 0.0770. The maximum atomic E-state index is 13.5. The molecule has 4 fully saturated rings. The Labute approximate surface area is 181 Å². The van der Waals surface area contributed by atoms with Crippen molar-refractivity contribution >= 4 is 17.4 Å². The molecule has 0 amide bonds. The Morgan fingerprint density at radius 3 is 2.61 bits per heavy atom. The summed E-state index contributed by atoms with van der Waals surface area (Å²) >= 11 is 0. The minimum atomic E-state index is -1.44. The Kier molecular flexibility index (Phi) is 4.63. The Morgan fingerprint density at radius 1 is 1.26 bits per heavy atom. The standard InChI is InChI=1S/C23H30N2O6/c1-5-12-8-13-11-22(21(27)31-4)18(12)25(19(13)26)7-6-23(28)14-9-16(29-2)17(30-3)10-15(14)24-20(22)23/h9-10,12-13,18-19,26,28H,5-8,11H2,1-4H3. The van der Waals surface area contributed by atoms with Crippen LogP contribution in [-0.2, 0) is 15.1 Å². The predicted octanol–water partition coefficient (Wildman–Crippen LogP) is 1.98. The van der Waals surface area contributed by atoms with E-state index < -0.39 is 17.2 Å². The summed E-state index contributed by atoms with van der Waals surface area (Å²) in [5.74, 6) is 0.763. The Morgan fingerprint density at radius 2 is 1.97 bits per heavy atom. The Balaban J connectivity index is 1.76. The average Bonchev–Trinajstić information content (AvgIpc) is 3.03. The number of esters is 1. The van der Waals surface area contributed by atoms with Crippen molar-refractivity contribution in [1.29, 1.82) is 0 Å². The molecular weight excluding hydrogens is 400 g/mol. The molecule has 2 N–H and O–H groups in total. The molecular formula is C23H30N2O6. The van der Waals surface area contributed by atoms with Crippen molar-refractivity contribution in [3.8, 4) is 11.5 Å². The van der Waals surface area contributed by atoms with Gasteiger partial charge in [-0.15, -0.1) is 0 Å². The molecule has 1 aromatic rings. The highest BCUT2D eigenvalue weighted by atomic mass is 16.5. The summed E-state index contributed by atoms with van der Waals surface area (Å²) in [6.07, 6.45) is 1.85. The van der Waals surface area contributed by atoms with Crippen molar-refractivity contribution in [2.75, 3.05) is 27.9 Å². The second-order valence-corrected chi connectivity index (χ2v) is 9.22. The lowest BCUT2D eigenvalue weighted by molar-refractivity contribution is -0.199. The molecule has 4 bridgehead atoms. The molecule has 0 aromatic heterocycles. The number of hydrogen-bond donors (Lipinski definition) is 2. The van der Waals surface area contributed by atoms with Crippen LogP contribution in [0.4, 0.5) is 5.69 Å². The molecule has 6 rings (SSSR count). The van der Waals surface area contributed by atoms with E-state index in [1.54, 1.807) is 26.4 Å². The van der Waals surface area contributed by atoms with E-state index in [1.165, 1.54) is 7.11 Å². The lowest BCUT2D eigenvalue weighted by atomic mass is 9.54. The van der Waals surface area contributed by atoms with Crippen LogP contribution in [0, 0.1) is 17.3 Å². The van der Waals surface area contributed by atoms with Crippen LogP contribution in [0.5, 0.6) is 11.5 Å². The molecule has 4 heterocycles. The number of benzene rings is 1. The number of nitrogens with zero attached hydrogens (tertiary/aromatic N) is 2. The van der Waals surface area contributed by atoms with Crippen molar-refractivity contribution in [3.63, 3.8) is 0 Å². The molecule has 1 aromatic carbocycles. The van der Waals surface area contributed by atoms with Crippen LogP contribution in [0.2, 0.25) is 0 Å². The van der Waals surface area contributed by atoms with E-state index in [-0.39, 0.29) is 23.8 Å². The molecule has 1 aliphatic carbocycles. The third kappa shape index (κ3) is 2.46. The van der Waals surface area contributed by atoms with Gasteiger partial charge in [-0.05, 0) is 31.2 Å². The summed E-state index contributed by atoms with van der Waals surface area (Å²) in [4.78, 5) is 20.4. The molecule has 0 radical (unpaired) electrons. The maximum Gasteiger partial charge on any atom is 0.319 e. The van der Waals surface area contributed by atoms with Gasteiger partial charge in [-0.2, -0.15) is 0 Å². The van der Waals surface area contributed by atoms with Gasteiger partial charge in [-0.3, -0.25) is 14.7 Å². The highest BCUT2D eigenvalue weighted by molar-refractivity contribution is 6.15. The zero-order valence-corrected chi connectivity index (χ0v) is 18.4. The quantitative estimate of drug-likeness (QED) is 0.705. The summed E-state index contributed by atoms with van der Waals surface area (Å²) in [5, 5.41) is 23.1. The highest BCUT2D eigenvalue weighted by Gasteiger charge is 2.70. The molecule has 1 saturated carbocycles. The fraction of sp³-hybridized carbons (Fsp3) is 0.652.